The van der Waals surface area contributed by atoms with Crippen molar-refractivity contribution < 1.29 is 0 Å². The van der Waals surface area contributed by atoms with Crippen LogP contribution in [0.3, 0.4) is 0 Å². The molecule has 0 radical (unpaired) electrons. The monoisotopic (exact) mass is 826 g/mol. The Kier molecular flexibility index (Phi) is 11.4. The first-order valence-electron chi connectivity index (χ1n) is 23.0. The quantitative estimate of drug-likeness (QED) is 0.121. The van der Waals surface area contributed by atoms with Crippen LogP contribution in [0.15, 0.2) is 235 Å². The molecule has 0 fully saturated rings. The highest BCUT2D eigenvalue weighted by molar-refractivity contribution is 5.76. The highest BCUT2D eigenvalue weighted by Crippen LogP contribution is 2.51. The molecule has 7 aromatic rings. The molecule has 3 aliphatic rings. The maximum atomic E-state index is 5.50. The highest BCUT2D eigenvalue weighted by atomic mass is 14.9. The summed E-state index contributed by atoms with van der Waals surface area (Å²) in [6.45, 7) is 4.34. The smallest absolute Gasteiger partial charge is 0.160 e. The van der Waals surface area contributed by atoms with Gasteiger partial charge in [0.2, 0.25) is 0 Å². The minimum absolute atomic E-state index is 0.459. The summed E-state index contributed by atoms with van der Waals surface area (Å²) >= 11 is 0. The fraction of sp³-hybridized carbons (Fsp3) is 0.161. The maximum Gasteiger partial charge on any atom is 0.160 e. The van der Waals surface area contributed by atoms with Gasteiger partial charge >= 0.3 is 0 Å². The molecule has 64 heavy (non-hydrogen) atoms. The van der Waals surface area contributed by atoms with Crippen molar-refractivity contribution in [1.29, 1.82) is 0 Å². The summed E-state index contributed by atoms with van der Waals surface area (Å²) in [6, 6.07) is 60.2. The van der Waals surface area contributed by atoms with E-state index in [1.54, 1.807) is 0 Å². The van der Waals surface area contributed by atoms with Gasteiger partial charge in [-0.25, -0.2) is 9.97 Å². The predicted molar refractivity (Wildman–Crippen MR) is 267 cm³/mol. The Morgan fingerprint density at radius 3 is 1.38 bits per heavy atom. The van der Waals surface area contributed by atoms with Gasteiger partial charge in [-0.15, -0.1) is 0 Å². The molecule has 1 heterocycles. The van der Waals surface area contributed by atoms with Gasteiger partial charge in [-0.2, -0.15) is 0 Å². The normalized spacial score (nSPS) is 15.8. The van der Waals surface area contributed by atoms with Crippen LogP contribution in [0.1, 0.15) is 77.5 Å². The predicted octanol–water partition coefficient (Wildman–Crippen LogP) is 15.5. The van der Waals surface area contributed by atoms with Gasteiger partial charge in [-0.1, -0.05) is 206 Å². The average Bonchev–Trinajstić information content (AvgIpc) is 3.37. The molecule has 3 aliphatic carbocycles. The van der Waals surface area contributed by atoms with Crippen molar-refractivity contribution in [3.63, 3.8) is 0 Å². The van der Waals surface area contributed by atoms with Crippen LogP contribution in [0.25, 0.3) is 33.9 Å². The summed E-state index contributed by atoms with van der Waals surface area (Å²) in [5.41, 5.74) is 16.6. The van der Waals surface area contributed by atoms with E-state index in [0.717, 1.165) is 83.6 Å². The van der Waals surface area contributed by atoms with Crippen molar-refractivity contribution in [2.24, 2.45) is 0 Å². The van der Waals surface area contributed by atoms with Gasteiger partial charge in [-0.3, -0.25) is 0 Å². The fourth-order valence-corrected chi connectivity index (χ4v) is 10.7. The van der Waals surface area contributed by atoms with Gasteiger partial charge in [0.15, 0.2) is 5.82 Å². The van der Waals surface area contributed by atoms with Crippen LogP contribution in [-0.4, -0.2) is 9.97 Å². The first-order valence-corrected chi connectivity index (χ1v) is 23.0. The lowest BCUT2D eigenvalue weighted by Crippen LogP contribution is -2.33. The molecular weight excluding hydrogens is 773 g/mol. The summed E-state index contributed by atoms with van der Waals surface area (Å²) in [5.74, 6) is 0.738. The van der Waals surface area contributed by atoms with Gasteiger partial charge < -0.3 is 0 Å². The number of aryl methyl sites for hydroxylation is 2. The lowest BCUT2D eigenvalue weighted by atomic mass is 9.61. The number of aromatic nitrogens is 2. The summed E-state index contributed by atoms with van der Waals surface area (Å²) in [5, 5.41) is 0. The van der Waals surface area contributed by atoms with E-state index in [1.165, 1.54) is 44.5 Å². The number of hydrogen-bond acceptors (Lipinski definition) is 2. The van der Waals surface area contributed by atoms with Crippen molar-refractivity contribution >= 4 is 0 Å². The van der Waals surface area contributed by atoms with Crippen molar-refractivity contribution in [3.8, 4) is 33.9 Å². The van der Waals surface area contributed by atoms with Crippen molar-refractivity contribution in [2.45, 2.75) is 63.2 Å². The molecule has 0 amide bonds. The molecule has 0 N–H and O–H groups in total. The van der Waals surface area contributed by atoms with Crippen molar-refractivity contribution in [2.75, 3.05) is 0 Å². The number of rotatable bonds is 11. The molecule has 0 saturated carbocycles. The van der Waals surface area contributed by atoms with E-state index in [-0.39, 0.29) is 0 Å². The Morgan fingerprint density at radius 1 is 0.422 bits per heavy atom. The van der Waals surface area contributed by atoms with E-state index in [1.807, 2.05) is 0 Å². The van der Waals surface area contributed by atoms with Crippen molar-refractivity contribution in [1.82, 2.24) is 9.97 Å². The van der Waals surface area contributed by atoms with Gasteiger partial charge in [0.25, 0.3) is 0 Å². The van der Waals surface area contributed by atoms with E-state index in [0.29, 0.717) is 0 Å². The van der Waals surface area contributed by atoms with Crippen LogP contribution in [0, 0.1) is 13.8 Å². The molecule has 1 aromatic heterocycles. The molecule has 10 rings (SSSR count). The third-order valence-electron chi connectivity index (χ3n) is 13.6. The summed E-state index contributed by atoms with van der Waals surface area (Å²) in [6.07, 6.45) is 27.4. The van der Waals surface area contributed by atoms with Crippen LogP contribution < -0.4 is 0 Å². The zero-order valence-corrected chi connectivity index (χ0v) is 36.9. The molecule has 2 heteroatoms. The zero-order chi connectivity index (χ0) is 43.4. The fourth-order valence-electron chi connectivity index (χ4n) is 10.7. The molecule has 6 aromatic carbocycles. The van der Waals surface area contributed by atoms with Crippen LogP contribution in [0.5, 0.6) is 0 Å². The van der Waals surface area contributed by atoms with E-state index in [2.05, 4.69) is 232 Å². The number of allylic oxidation sites excluding steroid dienone is 12. The maximum absolute atomic E-state index is 5.50. The first kappa shape index (κ1) is 40.9. The Morgan fingerprint density at radius 2 is 0.891 bits per heavy atom. The molecule has 2 nitrogen and oxygen atoms in total. The molecule has 1 atom stereocenters. The van der Waals surface area contributed by atoms with Gasteiger partial charge in [0.05, 0.1) is 22.2 Å². The number of hydrogen-bond donors (Lipinski definition) is 0. The minimum Gasteiger partial charge on any atom is -0.228 e. The van der Waals surface area contributed by atoms with Crippen LogP contribution in [-0.2, 0) is 10.8 Å². The molecule has 312 valence electrons. The molecular formula is C62H54N2. The second-order valence-corrected chi connectivity index (χ2v) is 17.4. The Labute approximate surface area is 379 Å². The largest absolute Gasteiger partial charge is 0.228 e. The molecule has 0 bridgehead atoms. The average molecular weight is 827 g/mol. The second kappa shape index (κ2) is 17.9. The van der Waals surface area contributed by atoms with E-state index in [9.17, 15) is 0 Å². The lowest BCUT2D eigenvalue weighted by Gasteiger charge is -2.41. The topological polar surface area (TPSA) is 25.8 Å². The standard InChI is InChI=1S/C62H54N2/c1-45-24-21-25-46(2)59(45)60-63-57(47-26-22-40-55(42-47)61(49-28-9-3-10-29-49,50-30-11-4-12-31-50)51-32-13-5-14-33-51)44-58(64-60)48-27-23-41-56(43-48)62(52-34-15-6-16-35-52,53-36-17-7-18-37-53)54-38-19-8-20-39-54/h3-4,6-7,9-13,15-17,19,21-36,38-44H,5,8,14,18,20,37H2,1-2H3. The summed E-state index contributed by atoms with van der Waals surface area (Å²) in [7, 11) is 0. The lowest BCUT2D eigenvalue weighted by molar-refractivity contribution is 0.667. The van der Waals surface area contributed by atoms with Crippen LogP contribution >= 0.6 is 0 Å². The highest BCUT2D eigenvalue weighted by Gasteiger charge is 2.42. The van der Waals surface area contributed by atoms with E-state index >= 15 is 0 Å². The van der Waals surface area contributed by atoms with E-state index in [4.69, 9.17) is 9.97 Å². The Bertz CT molecular complexity index is 2940. The van der Waals surface area contributed by atoms with Gasteiger partial charge in [0, 0.05) is 16.7 Å². The first-order chi connectivity index (χ1) is 31.6. The van der Waals surface area contributed by atoms with Crippen LogP contribution in [0.4, 0.5) is 0 Å². The summed E-state index contributed by atoms with van der Waals surface area (Å²) < 4.78 is 0. The SMILES string of the molecule is Cc1cccc(C)c1-c1nc(-c2cccc(C(C3=CCCC=C3)(C3=CC=CCC3)c3ccccc3)c2)cc(-c2cccc(C(C3=CCCC=C3)(c3ccccc3)c3ccccc3)c2)n1. The Hall–Kier alpha value is -7.16. The molecule has 0 saturated heterocycles. The second-order valence-electron chi connectivity index (χ2n) is 17.4. The van der Waals surface area contributed by atoms with Gasteiger partial charge in [-0.05, 0) is 121 Å². The summed E-state index contributed by atoms with van der Waals surface area (Å²) in [4.78, 5) is 11.0. The number of benzene rings is 6. The third kappa shape index (κ3) is 7.37. The molecule has 0 aliphatic heterocycles. The minimum atomic E-state index is -0.541. The third-order valence-corrected chi connectivity index (χ3v) is 13.6. The molecule has 0 spiro atoms. The van der Waals surface area contributed by atoms with Crippen molar-refractivity contribution in [3.05, 3.63) is 274 Å². The molecule has 1 unspecified atom stereocenters. The van der Waals surface area contributed by atoms with Crippen LogP contribution in [0.2, 0.25) is 0 Å². The number of nitrogens with zero attached hydrogens (tertiary/aromatic N) is 2. The van der Waals surface area contributed by atoms with E-state index < -0.39 is 10.8 Å². The Balaban J connectivity index is 1.20. The van der Waals surface area contributed by atoms with Gasteiger partial charge in [0.1, 0.15) is 0 Å². The zero-order valence-electron chi connectivity index (χ0n) is 36.9.